The Hall–Kier alpha value is -2.83. The van der Waals surface area contributed by atoms with Crippen molar-refractivity contribution in [3.8, 4) is 0 Å². The smallest absolute Gasteiger partial charge is 0.251 e. The second-order valence-corrected chi connectivity index (χ2v) is 10.1. The molecule has 2 fully saturated rings. The first kappa shape index (κ1) is 25.3. The second-order valence-electron chi connectivity index (χ2n) is 10.1. The molecule has 0 spiro atoms. The first-order chi connectivity index (χ1) is 16.9. The Kier molecular flexibility index (Phi) is 8.47. The van der Waals surface area contributed by atoms with Crippen LogP contribution < -0.4 is 5.32 Å². The van der Waals surface area contributed by atoms with Crippen LogP contribution in [0.4, 0.5) is 0 Å². The third kappa shape index (κ3) is 7.33. The lowest BCUT2D eigenvalue weighted by atomic mass is 10.0. The van der Waals surface area contributed by atoms with E-state index in [4.69, 9.17) is 0 Å². The zero-order valence-corrected chi connectivity index (χ0v) is 21.0. The number of hydrogen-bond acceptors (Lipinski definition) is 5. The Bertz CT molecular complexity index is 1040. The monoisotopic (exact) mass is 475 g/mol. The minimum atomic E-state index is -0.160. The fourth-order valence-corrected chi connectivity index (χ4v) is 4.69. The number of amides is 1. The molecule has 6 nitrogen and oxygen atoms in total. The summed E-state index contributed by atoms with van der Waals surface area (Å²) in [6.07, 6.45) is 3.36. The molecule has 1 saturated carbocycles. The topological polar surface area (TPSA) is 69.7 Å². The third-order valence-corrected chi connectivity index (χ3v) is 7.23. The van der Waals surface area contributed by atoms with Gasteiger partial charge in [0.15, 0.2) is 5.78 Å². The number of Topliss-reactive ketones (excluding diaryl/α,β-unsaturated/α-hetero) is 2. The van der Waals surface area contributed by atoms with Gasteiger partial charge in [0.1, 0.15) is 5.78 Å². The molecule has 6 heteroatoms. The summed E-state index contributed by atoms with van der Waals surface area (Å²) in [6.45, 7) is 8.06. The van der Waals surface area contributed by atoms with Crippen molar-refractivity contribution in [2.45, 2.75) is 52.1 Å². The van der Waals surface area contributed by atoms with Gasteiger partial charge in [-0.3, -0.25) is 24.2 Å². The number of aryl methyl sites for hydroxylation is 1. The van der Waals surface area contributed by atoms with Crippen molar-refractivity contribution < 1.29 is 14.4 Å². The van der Waals surface area contributed by atoms with E-state index in [1.807, 2.05) is 56.3 Å². The van der Waals surface area contributed by atoms with E-state index in [0.717, 1.165) is 43.7 Å². The summed E-state index contributed by atoms with van der Waals surface area (Å²) in [4.78, 5) is 42.6. The molecular formula is C29H37N3O3. The molecule has 1 aliphatic heterocycles. The highest BCUT2D eigenvalue weighted by Crippen LogP contribution is 2.33. The van der Waals surface area contributed by atoms with Gasteiger partial charge in [-0.05, 0) is 49.8 Å². The number of hydrogen-bond donors (Lipinski definition) is 1. The Morgan fingerprint density at radius 2 is 1.66 bits per heavy atom. The molecule has 0 bridgehead atoms. The van der Waals surface area contributed by atoms with Crippen LogP contribution in [0, 0.1) is 12.8 Å². The molecule has 2 aromatic rings. The fraction of sp³-hybridized carbons (Fsp3) is 0.483. The van der Waals surface area contributed by atoms with Gasteiger partial charge in [-0.25, -0.2) is 0 Å². The number of benzene rings is 2. The number of ketones is 2. The van der Waals surface area contributed by atoms with Gasteiger partial charge in [0.25, 0.3) is 5.91 Å². The summed E-state index contributed by atoms with van der Waals surface area (Å²) in [5.74, 6) is 0.924. The second kappa shape index (κ2) is 11.7. The van der Waals surface area contributed by atoms with Gasteiger partial charge < -0.3 is 5.32 Å². The van der Waals surface area contributed by atoms with Crippen molar-refractivity contribution >= 4 is 17.5 Å². The van der Waals surface area contributed by atoms with Crippen LogP contribution in [0.3, 0.4) is 0 Å². The highest BCUT2D eigenvalue weighted by Gasteiger charge is 2.30. The lowest BCUT2D eigenvalue weighted by molar-refractivity contribution is -0.126. The summed E-state index contributed by atoms with van der Waals surface area (Å²) < 4.78 is 0. The predicted octanol–water partition coefficient (Wildman–Crippen LogP) is 3.41. The van der Waals surface area contributed by atoms with Crippen LogP contribution in [0.2, 0.25) is 0 Å². The van der Waals surface area contributed by atoms with E-state index in [1.54, 1.807) is 6.07 Å². The standard InChI is InChI=1S/C29H37N3O3/c1-21-7-9-24(10-8-21)19-30-29(35)27-6-4-3-5-25(27)18-26(33)20-31-13-15-32(16-14-31)22(2)28(34)17-23-11-12-23/h3-10,22-23H,11-20H2,1-2H3,(H,30,35). The van der Waals surface area contributed by atoms with Gasteiger partial charge in [-0.15, -0.1) is 0 Å². The predicted molar refractivity (Wildman–Crippen MR) is 137 cm³/mol. The number of rotatable bonds is 11. The minimum Gasteiger partial charge on any atom is -0.348 e. The van der Waals surface area contributed by atoms with Crippen LogP contribution in [0.15, 0.2) is 48.5 Å². The van der Waals surface area contributed by atoms with Gasteiger partial charge >= 0.3 is 0 Å². The summed E-state index contributed by atoms with van der Waals surface area (Å²) in [6, 6.07) is 15.4. The maximum Gasteiger partial charge on any atom is 0.251 e. The Morgan fingerprint density at radius 1 is 0.971 bits per heavy atom. The third-order valence-electron chi connectivity index (χ3n) is 7.23. The molecule has 0 radical (unpaired) electrons. The van der Waals surface area contributed by atoms with E-state index in [0.29, 0.717) is 30.4 Å². The lowest BCUT2D eigenvalue weighted by Crippen LogP contribution is -2.52. The molecule has 1 heterocycles. The zero-order valence-electron chi connectivity index (χ0n) is 21.0. The van der Waals surface area contributed by atoms with Crippen LogP contribution in [0.1, 0.15) is 53.2 Å². The van der Waals surface area contributed by atoms with Crippen molar-refractivity contribution in [2.24, 2.45) is 5.92 Å². The van der Waals surface area contributed by atoms with E-state index >= 15 is 0 Å². The molecule has 186 valence electrons. The SMILES string of the molecule is Cc1ccc(CNC(=O)c2ccccc2CC(=O)CN2CCN(C(C)C(=O)CC3CC3)CC2)cc1. The van der Waals surface area contributed by atoms with E-state index in [9.17, 15) is 14.4 Å². The molecule has 1 atom stereocenters. The van der Waals surface area contributed by atoms with Crippen molar-refractivity contribution in [3.63, 3.8) is 0 Å². The normalized spacial score (nSPS) is 17.7. The molecule has 1 N–H and O–H groups in total. The summed E-state index contributed by atoms with van der Waals surface area (Å²) in [5.41, 5.74) is 3.54. The van der Waals surface area contributed by atoms with E-state index < -0.39 is 0 Å². The molecule has 2 aromatic carbocycles. The molecule has 0 aromatic heterocycles. The lowest BCUT2D eigenvalue weighted by Gasteiger charge is -2.37. The molecule has 35 heavy (non-hydrogen) atoms. The van der Waals surface area contributed by atoms with Crippen LogP contribution in [-0.4, -0.2) is 66.0 Å². The van der Waals surface area contributed by atoms with Gasteiger partial charge in [-0.2, -0.15) is 0 Å². The largest absolute Gasteiger partial charge is 0.348 e. The van der Waals surface area contributed by atoms with Crippen LogP contribution in [0.5, 0.6) is 0 Å². The van der Waals surface area contributed by atoms with Gasteiger partial charge in [0.2, 0.25) is 0 Å². The average Bonchev–Trinajstić information content (AvgIpc) is 3.68. The zero-order chi connectivity index (χ0) is 24.8. The molecule has 1 amide bonds. The van der Waals surface area contributed by atoms with Crippen molar-refractivity contribution in [1.29, 1.82) is 0 Å². The number of carbonyl (C=O) groups is 3. The fourth-order valence-electron chi connectivity index (χ4n) is 4.69. The molecular weight excluding hydrogens is 438 g/mol. The number of nitrogens with zero attached hydrogens (tertiary/aromatic N) is 2. The van der Waals surface area contributed by atoms with Gasteiger partial charge in [-0.1, -0.05) is 48.0 Å². The van der Waals surface area contributed by atoms with Crippen molar-refractivity contribution in [2.75, 3.05) is 32.7 Å². The van der Waals surface area contributed by atoms with Crippen molar-refractivity contribution in [3.05, 3.63) is 70.8 Å². The van der Waals surface area contributed by atoms with Crippen LogP contribution in [-0.2, 0) is 22.6 Å². The first-order valence-corrected chi connectivity index (χ1v) is 12.8. The molecule has 2 aliphatic rings. The van der Waals surface area contributed by atoms with E-state index in [2.05, 4.69) is 15.1 Å². The highest BCUT2D eigenvalue weighted by atomic mass is 16.2. The average molecular weight is 476 g/mol. The first-order valence-electron chi connectivity index (χ1n) is 12.8. The number of carbonyl (C=O) groups excluding carboxylic acids is 3. The quantitative estimate of drug-likeness (QED) is 0.539. The Labute approximate surface area is 208 Å². The maximum atomic E-state index is 12.9. The van der Waals surface area contributed by atoms with Crippen molar-refractivity contribution in [1.82, 2.24) is 15.1 Å². The summed E-state index contributed by atoms with van der Waals surface area (Å²) in [5, 5.41) is 2.98. The Balaban J connectivity index is 1.25. The maximum absolute atomic E-state index is 12.9. The summed E-state index contributed by atoms with van der Waals surface area (Å²) in [7, 11) is 0. The molecule has 1 aliphatic carbocycles. The van der Waals surface area contributed by atoms with Gasteiger partial charge in [0.05, 0.1) is 12.6 Å². The molecule has 4 rings (SSSR count). The van der Waals surface area contributed by atoms with E-state index in [1.165, 1.54) is 18.4 Å². The Morgan fingerprint density at radius 3 is 2.34 bits per heavy atom. The van der Waals surface area contributed by atoms with Gasteiger partial charge in [0, 0.05) is 51.1 Å². The molecule has 1 unspecified atom stereocenters. The number of nitrogens with one attached hydrogen (secondary N) is 1. The van der Waals surface area contributed by atoms with Crippen LogP contribution >= 0.6 is 0 Å². The summed E-state index contributed by atoms with van der Waals surface area (Å²) >= 11 is 0. The van der Waals surface area contributed by atoms with E-state index in [-0.39, 0.29) is 24.2 Å². The molecule has 1 saturated heterocycles. The minimum absolute atomic E-state index is 0.0289. The highest BCUT2D eigenvalue weighted by molar-refractivity contribution is 5.97. The van der Waals surface area contributed by atoms with Crippen LogP contribution in [0.25, 0.3) is 0 Å². The number of piperazine rings is 1.